The lowest BCUT2D eigenvalue weighted by atomic mass is 9.85. The number of hydrogen-bond acceptors (Lipinski definition) is 4. The second kappa shape index (κ2) is 9.22. The van der Waals surface area contributed by atoms with Crippen LogP contribution in [-0.4, -0.2) is 78.9 Å². The SMILES string of the molecule is CCN(CC(=O)O)C1CC(NC(=O)N(C)CCC2CCOCC2)C1. The molecule has 0 aromatic rings. The molecule has 1 saturated carbocycles. The van der Waals surface area contributed by atoms with Crippen molar-refractivity contribution in [3.63, 3.8) is 0 Å². The predicted octanol–water partition coefficient (Wildman–Crippen LogP) is 1.38. The quantitative estimate of drug-likeness (QED) is 0.697. The second-order valence-electron chi connectivity index (χ2n) is 6.99. The van der Waals surface area contributed by atoms with Crippen LogP contribution in [0, 0.1) is 5.92 Å². The predicted molar refractivity (Wildman–Crippen MR) is 91.0 cm³/mol. The average molecular weight is 341 g/mol. The van der Waals surface area contributed by atoms with Crippen molar-refractivity contribution in [1.82, 2.24) is 15.1 Å². The van der Waals surface area contributed by atoms with E-state index in [1.165, 1.54) is 0 Å². The third-order valence-corrected chi connectivity index (χ3v) is 5.26. The summed E-state index contributed by atoms with van der Waals surface area (Å²) in [6, 6.07) is 0.409. The highest BCUT2D eigenvalue weighted by Gasteiger charge is 2.35. The van der Waals surface area contributed by atoms with Crippen LogP contribution in [0.4, 0.5) is 4.79 Å². The standard InChI is InChI=1S/C17H31N3O4/c1-3-20(12-16(21)22)15-10-14(11-15)18-17(23)19(2)7-4-13-5-8-24-9-6-13/h13-15H,3-12H2,1-2H3,(H,18,23)(H,21,22). The molecule has 2 N–H and O–H groups in total. The lowest BCUT2D eigenvalue weighted by Gasteiger charge is -2.42. The first-order valence-electron chi connectivity index (χ1n) is 9.04. The summed E-state index contributed by atoms with van der Waals surface area (Å²) in [4.78, 5) is 26.8. The van der Waals surface area contributed by atoms with Crippen LogP contribution in [0.3, 0.4) is 0 Å². The summed E-state index contributed by atoms with van der Waals surface area (Å²) in [6.45, 7) is 5.23. The topological polar surface area (TPSA) is 82.1 Å². The second-order valence-corrected chi connectivity index (χ2v) is 6.99. The fourth-order valence-corrected chi connectivity index (χ4v) is 3.47. The number of carbonyl (C=O) groups excluding carboxylic acids is 1. The van der Waals surface area contributed by atoms with Crippen molar-refractivity contribution in [1.29, 1.82) is 0 Å². The molecule has 0 unspecified atom stereocenters. The first kappa shape index (κ1) is 19.0. The summed E-state index contributed by atoms with van der Waals surface area (Å²) < 4.78 is 5.36. The van der Waals surface area contributed by atoms with Gasteiger partial charge in [-0.3, -0.25) is 9.69 Å². The summed E-state index contributed by atoms with van der Waals surface area (Å²) in [5.41, 5.74) is 0. The Morgan fingerprint density at radius 2 is 1.92 bits per heavy atom. The van der Waals surface area contributed by atoms with Gasteiger partial charge in [0.1, 0.15) is 0 Å². The zero-order valence-corrected chi connectivity index (χ0v) is 14.9. The van der Waals surface area contributed by atoms with Gasteiger partial charge in [-0.25, -0.2) is 4.79 Å². The molecular formula is C17H31N3O4. The molecule has 0 radical (unpaired) electrons. The van der Waals surface area contributed by atoms with Crippen molar-refractivity contribution in [3.05, 3.63) is 0 Å². The van der Waals surface area contributed by atoms with E-state index in [9.17, 15) is 9.59 Å². The van der Waals surface area contributed by atoms with E-state index in [2.05, 4.69) is 5.32 Å². The number of carboxylic acid groups (broad SMARTS) is 1. The molecule has 1 aliphatic carbocycles. The lowest BCUT2D eigenvalue weighted by molar-refractivity contribution is -0.139. The fraction of sp³-hybridized carbons (Fsp3) is 0.882. The Bertz CT molecular complexity index is 420. The number of carbonyl (C=O) groups is 2. The Morgan fingerprint density at radius 3 is 2.50 bits per heavy atom. The van der Waals surface area contributed by atoms with Crippen LogP contribution in [0.15, 0.2) is 0 Å². The molecule has 2 rings (SSSR count). The minimum absolute atomic E-state index is 0.0215. The summed E-state index contributed by atoms with van der Waals surface area (Å²) in [7, 11) is 1.84. The summed E-state index contributed by atoms with van der Waals surface area (Å²) in [5.74, 6) is -0.131. The number of likely N-dealkylation sites (N-methyl/N-ethyl adjacent to an activating group) is 1. The monoisotopic (exact) mass is 341 g/mol. The molecule has 1 heterocycles. The van der Waals surface area contributed by atoms with E-state index in [0.717, 1.165) is 58.4 Å². The molecule has 0 spiro atoms. The van der Waals surface area contributed by atoms with Gasteiger partial charge in [0.05, 0.1) is 6.54 Å². The molecule has 138 valence electrons. The minimum Gasteiger partial charge on any atom is -0.480 e. The van der Waals surface area contributed by atoms with E-state index in [4.69, 9.17) is 9.84 Å². The van der Waals surface area contributed by atoms with Gasteiger partial charge in [-0.2, -0.15) is 0 Å². The van der Waals surface area contributed by atoms with Crippen molar-refractivity contribution < 1.29 is 19.4 Å². The molecule has 0 aromatic carbocycles. The minimum atomic E-state index is -0.794. The van der Waals surface area contributed by atoms with Crippen molar-refractivity contribution in [2.24, 2.45) is 5.92 Å². The van der Waals surface area contributed by atoms with E-state index in [0.29, 0.717) is 5.92 Å². The molecule has 7 nitrogen and oxygen atoms in total. The van der Waals surface area contributed by atoms with Crippen LogP contribution in [-0.2, 0) is 9.53 Å². The highest BCUT2D eigenvalue weighted by molar-refractivity contribution is 5.74. The van der Waals surface area contributed by atoms with Crippen molar-refractivity contribution in [2.45, 2.75) is 51.1 Å². The van der Waals surface area contributed by atoms with Gasteiger partial charge in [0.25, 0.3) is 0 Å². The average Bonchev–Trinajstić information content (AvgIpc) is 2.54. The number of aliphatic carboxylic acids is 1. The van der Waals surface area contributed by atoms with Crippen molar-refractivity contribution in [2.75, 3.05) is 39.9 Å². The van der Waals surface area contributed by atoms with Gasteiger partial charge in [-0.1, -0.05) is 6.92 Å². The Morgan fingerprint density at radius 1 is 1.25 bits per heavy atom. The molecule has 2 aliphatic rings. The van der Waals surface area contributed by atoms with Crippen LogP contribution in [0.5, 0.6) is 0 Å². The number of amides is 2. The Labute approximate surface area is 144 Å². The number of rotatable bonds is 8. The third-order valence-electron chi connectivity index (χ3n) is 5.26. The third kappa shape index (κ3) is 5.63. The number of ether oxygens (including phenoxy) is 1. The van der Waals surface area contributed by atoms with Gasteiger partial charge in [0.2, 0.25) is 0 Å². The highest BCUT2D eigenvalue weighted by Crippen LogP contribution is 2.25. The van der Waals surface area contributed by atoms with Gasteiger partial charge in [-0.15, -0.1) is 0 Å². The number of nitrogens with one attached hydrogen (secondary N) is 1. The Kier molecular flexibility index (Phi) is 7.30. The highest BCUT2D eigenvalue weighted by atomic mass is 16.5. The largest absolute Gasteiger partial charge is 0.480 e. The molecule has 0 aromatic heterocycles. The molecule has 1 aliphatic heterocycles. The maximum Gasteiger partial charge on any atom is 0.317 e. The summed E-state index contributed by atoms with van der Waals surface area (Å²) in [6.07, 6.45) is 4.89. The first-order valence-corrected chi connectivity index (χ1v) is 9.04. The van der Waals surface area contributed by atoms with Crippen LogP contribution in [0.1, 0.15) is 39.0 Å². The van der Waals surface area contributed by atoms with Crippen LogP contribution >= 0.6 is 0 Å². The molecule has 0 bridgehead atoms. The Balaban J connectivity index is 1.63. The fourth-order valence-electron chi connectivity index (χ4n) is 3.47. The van der Waals surface area contributed by atoms with E-state index >= 15 is 0 Å². The van der Waals surface area contributed by atoms with Gasteiger partial charge in [-0.05, 0) is 44.6 Å². The maximum absolute atomic E-state index is 12.2. The molecule has 0 atom stereocenters. The normalized spacial score (nSPS) is 24.5. The van der Waals surface area contributed by atoms with Crippen molar-refractivity contribution >= 4 is 12.0 Å². The maximum atomic E-state index is 12.2. The number of hydrogen-bond donors (Lipinski definition) is 2. The van der Waals surface area contributed by atoms with Crippen molar-refractivity contribution in [3.8, 4) is 0 Å². The number of urea groups is 1. The van der Waals surface area contributed by atoms with Crippen LogP contribution in [0.25, 0.3) is 0 Å². The lowest BCUT2D eigenvalue weighted by Crippen LogP contribution is -2.56. The number of carboxylic acids is 1. The molecule has 7 heteroatoms. The summed E-state index contributed by atoms with van der Waals surface area (Å²) in [5, 5.41) is 12.0. The van der Waals surface area contributed by atoms with E-state index in [-0.39, 0.29) is 24.7 Å². The first-order chi connectivity index (χ1) is 11.5. The van der Waals surface area contributed by atoms with Crippen LogP contribution < -0.4 is 5.32 Å². The smallest absolute Gasteiger partial charge is 0.317 e. The van der Waals surface area contributed by atoms with Crippen LogP contribution in [0.2, 0.25) is 0 Å². The molecule has 2 fully saturated rings. The zero-order valence-electron chi connectivity index (χ0n) is 14.9. The molecule has 24 heavy (non-hydrogen) atoms. The van der Waals surface area contributed by atoms with Gasteiger partial charge >= 0.3 is 12.0 Å². The number of nitrogens with zero attached hydrogens (tertiary/aromatic N) is 2. The van der Waals surface area contributed by atoms with E-state index in [1.807, 2.05) is 18.9 Å². The van der Waals surface area contributed by atoms with E-state index in [1.54, 1.807) is 4.90 Å². The molecule has 2 amide bonds. The molecule has 1 saturated heterocycles. The zero-order chi connectivity index (χ0) is 17.5. The molecular weight excluding hydrogens is 310 g/mol. The Hall–Kier alpha value is -1.34. The van der Waals surface area contributed by atoms with Gasteiger partial charge < -0.3 is 20.1 Å². The summed E-state index contributed by atoms with van der Waals surface area (Å²) >= 11 is 0. The van der Waals surface area contributed by atoms with Gasteiger partial charge in [0, 0.05) is 38.9 Å². The van der Waals surface area contributed by atoms with Gasteiger partial charge in [0.15, 0.2) is 0 Å². The van der Waals surface area contributed by atoms with E-state index < -0.39 is 5.97 Å².